The van der Waals surface area contributed by atoms with E-state index in [1.807, 2.05) is 25.1 Å². The van der Waals surface area contributed by atoms with Gasteiger partial charge >= 0.3 is 0 Å². The Morgan fingerprint density at radius 2 is 1.78 bits per heavy atom. The Morgan fingerprint density at radius 3 is 2.30 bits per heavy atom. The van der Waals surface area contributed by atoms with Gasteiger partial charge in [0.05, 0.1) is 5.69 Å². The first-order chi connectivity index (χ1) is 10.9. The summed E-state index contributed by atoms with van der Waals surface area (Å²) in [7, 11) is 0. The Morgan fingerprint density at radius 1 is 1.17 bits per heavy atom. The molecule has 0 atom stereocenters. The van der Waals surface area contributed by atoms with E-state index in [-0.39, 0.29) is 23.2 Å². The van der Waals surface area contributed by atoms with Crippen LogP contribution in [-0.4, -0.2) is 9.67 Å². The Balaban J connectivity index is 2.63. The normalized spacial score (nSPS) is 11.1. The van der Waals surface area contributed by atoms with E-state index in [1.165, 1.54) is 0 Å². The van der Waals surface area contributed by atoms with Crippen molar-refractivity contribution in [3.8, 4) is 11.9 Å². The predicted octanol–water partition coefficient (Wildman–Crippen LogP) is 4.04. The van der Waals surface area contributed by atoms with E-state index in [9.17, 15) is 15.2 Å². The lowest BCUT2D eigenvalue weighted by molar-refractivity contribution is 0.386. The van der Waals surface area contributed by atoms with Crippen LogP contribution in [0.1, 0.15) is 36.6 Å². The first-order valence-electron chi connectivity index (χ1n) is 7.23. The van der Waals surface area contributed by atoms with Crippen molar-refractivity contribution in [3.63, 3.8) is 0 Å². The van der Waals surface area contributed by atoms with Crippen molar-refractivity contribution in [1.82, 2.24) is 4.57 Å². The molecule has 2 aromatic rings. The van der Waals surface area contributed by atoms with Crippen molar-refractivity contribution in [2.24, 2.45) is 10.2 Å². The summed E-state index contributed by atoms with van der Waals surface area (Å²) in [5.41, 5.74) is 1.66. The van der Waals surface area contributed by atoms with Gasteiger partial charge in [0.2, 0.25) is 5.88 Å². The van der Waals surface area contributed by atoms with Crippen molar-refractivity contribution in [1.29, 1.82) is 5.26 Å². The molecule has 0 aliphatic heterocycles. The van der Waals surface area contributed by atoms with E-state index >= 15 is 0 Å². The molecule has 1 N–H and O–H groups in total. The number of aromatic nitrogens is 1. The molecule has 6 heteroatoms. The van der Waals surface area contributed by atoms with Gasteiger partial charge in [0.25, 0.3) is 5.56 Å². The topological polar surface area (TPSA) is 90.7 Å². The number of azo groups is 1. The average Bonchev–Trinajstić information content (AvgIpc) is 2.49. The molecule has 23 heavy (non-hydrogen) atoms. The van der Waals surface area contributed by atoms with Gasteiger partial charge in [0.1, 0.15) is 11.6 Å². The molecule has 0 saturated heterocycles. The Labute approximate surface area is 134 Å². The quantitative estimate of drug-likeness (QED) is 0.867. The number of hydrogen-bond acceptors (Lipinski definition) is 5. The summed E-state index contributed by atoms with van der Waals surface area (Å²) in [6.07, 6.45) is 0. The predicted molar refractivity (Wildman–Crippen MR) is 87.6 cm³/mol. The first kappa shape index (κ1) is 16.4. The summed E-state index contributed by atoms with van der Waals surface area (Å²) in [5, 5.41) is 27.5. The molecular formula is C17H18N4O2. The molecule has 0 unspecified atom stereocenters. The minimum atomic E-state index is -0.468. The molecule has 1 aromatic heterocycles. The monoisotopic (exact) mass is 310 g/mol. The second kappa shape index (κ2) is 6.44. The van der Waals surface area contributed by atoms with Crippen LogP contribution < -0.4 is 5.56 Å². The second-order valence-electron chi connectivity index (χ2n) is 5.59. The van der Waals surface area contributed by atoms with Crippen LogP contribution in [0, 0.1) is 25.2 Å². The maximum atomic E-state index is 12.5. The van der Waals surface area contributed by atoms with Crippen LogP contribution in [0.25, 0.3) is 0 Å². The molecule has 0 bridgehead atoms. The number of nitriles is 1. The third-order valence-electron chi connectivity index (χ3n) is 3.53. The van der Waals surface area contributed by atoms with Crippen LogP contribution >= 0.6 is 0 Å². The van der Waals surface area contributed by atoms with E-state index in [0.29, 0.717) is 11.3 Å². The number of benzene rings is 1. The summed E-state index contributed by atoms with van der Waals surface area (Å²) in [6.45, 7) is 7.04. The number of hydrogen-bond donors (Lipinski definition) is 1. The highest BCUT2D eigenvalue weighted by Gasteiger charge is 2.20. The van der Waals surface area contributed by atoms with Gasteiger partial charge in [-0.25, -0.2) is 0 Å². The number of nitrogens with zero attached hydrogens (tertiary/aromatic N) is 4. The van der Waals surface area contributed by atoms with E-state index in [2.05, 4.69) is 10.2 Å². The highest BCUT2D eigenvalue weighted by molar-refractivity contribution is 5.57. The second-order valence-corrected chi connectivity index (χ2v) is 5.59. The highest BCUT2D eigenvalue weighted by Crippen LogP contribution is 2.28. The smallest absolute Gasteiger partial charge is 0.281 e. The molecular weight excluding hydrogens is 292 g/mol. The van der Waals surface area contributed by atoms with Gasteiger partial charge in [0, 0.05) is 11.6 Å². The zero-order valence-electron chi connectivity index (χ0n) is 13.5. The molecule has 0 fully saturated rings. The Bertz CT molecular complexity index is 856. The van der Waals surface area contributed by atoms with Crippen LogP contribution in [0.4, 0.5) is 11.4 Å². The number of pyridine rings is 1. The first-order valence-corrected chi connectivity index (χ1v) is 7.23. The minimum Gasteiger partial charge on any atom is -0.493 e. The summed E-state index contributed by atoms with van der Waals surface area (Å²) >= 11 is 0. The van der Waals surface area contributed by atoms with Gasteiger partial charge in [-0.05, 0) is 39.8 Å². The zero-order chi connectivity index (χ0) is 17.1. The lowest BCUT2D eigenvalue weighted by atomic mass is 10.1. The minimum absolute atomic E-state index is 0.0381. The van der Waals surface area contributed by atoms with Gasteiger partial charge in [-0.1, -0.05) is 17.7 Å². The molecule has 0 amide bonds. The fourth-order valence-electron chi connectivity index (χ4n) is 2.23. The Kier molecular flexibility index (Phi) is 4.60. The summed E-state index contributed by atoms with van der Waals surface area (Å²) in [5.74, 6) is -0.334. The van der Waals surface area contributed by atoms with Gasteiger partial charge in [0.15, 0.2) is 5.69 Å². The van der Waals surface area contributed by atoms with Crippen LogP contribution in [0.3, 0.4) is 0 Å². The van der Waals surface area contributed by atoms with Crippen LogP contribution in [0.2, 0.25) is 0 Å². The lowest BCUT2D eigenvalue weighted by Crippen LogP contribution is -2.23. The molecule has 2 rings (SSSR count). The van der Waals surface area contributed by atoms with Crippen LogP contribution in [0.5, 0.6) is 5.88 Å². The largest absolute Gasteiger partial charge is 0.493 e. The summed E-state index contributed by atoms with van der Waals surface area (Å²) in [6, 6.07) is 8.99. The molecule has 0 radical (unpaired) electrons. The van der Waals surface area contributed by atoms with Gasteiger partial charge in [-0.3, -0.25) is 9.36 Å². The number of aryl methyl sites for hydroxylation is 1. The molecule has 1 aromatic carbocycles. The standard InChI is InChI=1S/C17H18N4O2/c1-10(2)21-16(22)14(9-18)12(4)15(17(21)23)20-19-13-7-5-11(3)6-8-13/h5-8,10,22H,1-4H3. The van der Waals surface area contributed by atoms with E-state index < -0.39 is 5.56 Å². The Hall–Kier alpha value is -2.94. The van der Waals surface area contributed by atoms with Crippen molar-refractivity contribution < 1.29 is 5.11 Å². The highest BCUT2D eigenvalue weighted by atomic mass is 16.3. The maximum Gasteiger partial charge on any atom is 0.281 e. The molecule has 0 aliphatic carbocycles. The molecule has 6 nitrogen and oxygen atoms in total. The third kappa shape index (κ3) is 3.14. The van der Waals surface area contributed by atoms with E-state index in [1.54, 1.807) is 32.9 Å². The van der Waals surface area contributed by atoms with Crippen molar-refractivity contribution in [2.45, 2.75) is 33.7 Å². The van der Waals surface area contributed by atoms with Crippen LogP contribution in [-0.2, 0) is 0 Å². The summed E-state index contributed by atoms with van der Waals surface area (Å²) < 4.78 is 1.15. The van der Waals surface area contributed by atoms with Gasteiger partial charge in [-0.15, -0.1) is 5.11 Å². The summed E-state index contributed by atoms with van der Waals surface area (Å²) in [4.78, 5) is 12.5. The van der Waals surface area contributed by atoms with Crippen molar-refractivity contribution in [2.75, 3.05) is 0 Å². The van der Waals surface area contributed by atoms with Gasteiger partial charge in [-0.2, -0.15) is 10.4 Å². The molecule has 0 saturated carbocycles. The van der Waals surface area contributed by atoms with Crippen molar-refractivity contribution in [3.05, 3.63) is 51.3 Å². The van der Waals surface area contributed by atoms with Crippen LogP contribution in [0.15, 0.2) is 39.3 Å². The van der Waals surface area contributed by atoms with E-state index in [4.69, 9.17) is 0 Å². The fourth-order valence-corrected chi connectivity index (χ4v) is 2.23. The molecule has 1 heterocycles. The van der Waals surface area contributed by atoms with Gasteiger partial charge < -0.3 is 5.11 Å². The van der Waals surface area contributed by atoms with Crippen molar-refractivity contribution >= 4 is 11.4 Å². The number of aromatic hydroxyl groups is 1. The number of rotatable bonds is 3. The lowest BCUT2D eigenvalue weighted by Gasteiger charge is -2.15. The average molecular weight is 310 g/mol. The molecule has 0 spiro atoms. The molecule has 118 valence electrons. The SMILES string of the molecule is Cc1ccc(N=Nc2c(C)c(C#N)c(O)n(C(C)C)c2=O)cc1. The maximum absolute atomic E-state index is 12.5. The molecule has 0 aliphatic rings. The fraction of sp³-hybridized carbons (Fsp3) is 0.294. The third-order valence-corrected chi connectivity index (χ3v) is 3.53. The van der Waals surface area contributed by atoms with E-state index in [0.717, 1.165) is 10.1 Å². The zero-order valence-corrected chi connectivity index (χ0v) is 13.5.